The molecule has 0 saturated carbocycles. The highest BCUT2D eigenvalue weighted by atomic mass is 32.1. The Labute approximate surface area is 110 Å². The molecule has 0 saturated heterocycles. The van der Waals surface area contributed by atoms with Gasteiger partial charge in [-0.15, -0.1) is 11.3 Å². The quantitative estimate of drug-likeness (QED) is 0.859. The zero-order valence-corrected chi connectivity index (χ0v) is 11.5. The summed E-state index contributed by atoms with van der Waals surface area (Å²) in [4.78, 5) is 25.2. The van der Waals surface area contributed by atoms with Gasteiger partial charge in [-0.1, -0.05) is 6.07 Å². The lowest BCUT2D eigenvalue weighted by Crippen LogP contribution is -2.45. The van der Waals surface area contributed by atoms with E-state index < -0.39 is 17.9 Å². The number of aliphatic carboxylic acids is 1. The minimum Gasteiger partial charge on any atom is -0.481 e. The van der Waals surface area contributed by atoms with Gasteiger partial charge in [-0.3, -0.25) is 4.79 Å². The average Bonchev–Trinajstić information content (AvgIpc) is 2.80. The van der Waals surface area contributed by atoms with E-state index in [-0.39, 0.29) is 6.03 Å². The average molecular weight is 270 g/mol. The lowest BCUT2D eigenvalue weighted by atomic mass is 10.0. The van der Waals surface area contributed by atoms with Crippen molar-refractivity contribution in [3.05, 3.63) is 22.4 Å². The normalized spacial score (nSPS) is 13.7. The molecule has 0 aliphatic heterocycles. The molecule has 0 spiro atoms. The van der Waals surface area contributed by atoms with Crippen molar-refractivity contribution in [2.45, 2.75) is 26.4 Å². The zero-order valence-electron chi connectivity index (χ0n) is 10.7. The number of nitrogens with one attached hydrogen (secondary N) is 1. The molecule has 2 N–H and O–H groups in total. The van der Waals surface area contributed by atoms with Crippen LogP contribution in [0.2, 0.25) is 0 Å². The third-order valence-corrected chi connectivity index (χ3v) is 3.67. The molecule has 1 rings (SSSR count). The van der Waals surface area contributed by atoms with E-state index in [1.807, 2.05) is 17.5 Å². The van der Waals surface area contributed by atoms with Crippen LogP contribution in [0.5, 0.6) is 0 Å². The number of carbonyl (C=O) groups is 2. The first-order valence-electron chi connectivity index (χ1n) is 5.68. The number of amides is 2. The summed E-state index contributed by atoms with van der Waals surface area (Å²) in [5, 5.41) is 13.5. The number of rotatable bonds is 5. The summed E-state index contributed by atoms with van der Waals surface area (Å²) in [6.07, 6.45) is 0. The maximum atomic E-state index is 11.8. The van der Waals surface area contributed by atoms with Gasteiger partial charge in [-0.05, 0) is 25.3 Å². The second-order valence-corrected chi connectivity index (χ2v) is 5.33. The fraction of sp³-hybridized carbons (Fsp3) is 0.500. The van der Waals surface area contributed by atoms with Crippen molar-refractivity contribution in [2.24, 2.45) is 5.92 Å². The molecule has 1 heterocycles. The number of hydrogen-bond acceptors (Lipinski definition) is 3. The van der Waals surface area contributed by atoms with Crippen LogP contribution < -0.4 is 5.32 Å². The van der Waals surface area contributed by atoms with Crippen LogP contribution >= 0.6 is 11.3 Å². The summed E-state index contributed by atoms with van der Waals surface area (Å²) >= 11 is 1.58. The Morgan fingerprint density at radius 1 is 1.50 bits per heavy atom. The second kappa shape index (κ2) is 6.39. The molecule has 0 bridgehead atoms. The van der Waals surface area contributed by atoms with Crippen LogP contribution in [0.1, 0.15) is 18.7 Å². The highest BCUT2D eigenvalue weighted by Gasteiger charge is 2.22. The van der Waals surface area contributed by atoms with E-state index in [1.54, 1.807) is 32.2 Å². The van der Waals surface area contributed by atoms with Crippen LogP contribution in [0.4, 0.5) is 4.79 Å². The molecule has 100 valence electrons. The monoisotopic (exact) mass is 270 g/mol. The summed E-state index contributed by atoms with van der Waals surface area (Å²) in [5.74, 6) is -1.52. The van der Waals surface area contributed by atoms with Gasteiger partial charge in [0.15, 0.2) is 0 Å². The fourth-order valence-electron chi connectivity index (χ4n) is 1.35. The van der Waals surface area contributed by atoms with Crippen molar-refractivity contribution in [3.63, 3.8) is 0 Å². The van der Waals surface area contributed by atoms with Crippen molar-refractivity contribution >= 4 is 23.3 Å². The van der Waals surface area contributed by atoms with Gasteiger partial charge in [0.25, 0.3) is 0 Å². The number of urea groups is 1. The van der Waals surface area contributed by atoms with Crippen LogP contribution in [0.3, 0.4) is 0 Å². The second-order valence-electron chi connectivity index (χ2n) is 4.30. The first-order chi connectivity index (χ1) is 8.41. The number of carboxylic acids is 1. The topological polar surface area (TPSA) is 69.6 Å². The Balaban J connectivity index is 2.47. The molecule has 0 radical (unpaired) electrons. The maximum absolute atomic E-state index is 11.8. The zero-order chi connectivity index (χ0) is 13.7. The molecule has 2 unspecified atom stereocenters. The summed E-state index contributed by atoms with van der Waals surface area (Å²) in [5.41, 5.74) is 0. The smallest absolute Gasteiger partial charge is 0.317 e. The molecule has 6 heteroatoms. The highest BCUT2D eigenvalue weighted by molar-refractivity contribution is 7.09. The van der Waals surface area contributed by atoms with Crippen molar-refractivity contribution < 1.29 is 14.7 Å². The molecule has 18 heavy (non-hydrogen) atoms. The SMILES string of the molecule is CC(NC(=O)N(C)Cc1cccs1)C(C)C(=O)O. The lowest BCUT2D eigenvalue weighted by Gasteiger charge is -2.22. The van der Waals surface area contributed by atoms with Crippen LogP contribution in [0.25, 0.3) is 0 Å². The Morgan fingerprint density at radius 3 is 2.67 bits per heavy atom. The Bertz CT molecular complexity index is 405. The number of carboxylic acid groups (broad SMARTS) is 1. The van der Waals surface area contributed by atoms with Gasteiger partial charge in [-0.2, -0.15) is 0 Å². The first kappa shape index (κ1) is 14.5. The lowest BCUT2D eigenvalue weighted by molar-refractivity contribution is -0.141. The molecule has 0 aliphatic rings. The van der Waals surface area contributed by atoms with E-state index in [1.165, 1.54) is 4.90 Å². The van der Waals surface area contributed by atoms with Gasteiger partial charge in [0.2, 0.25) is 0 Å². The third-order valence-electron chi connectivity index (χ3n) is 2.81. The standard InChI is InChI=1S/C12H18N2O3S/c1-8(11(15)16)9(2)13-12(17)14(3)7-10-5-4-6-18-10/h4-6,8-9H,7H2,1-3H3,(H,13,17)(H,15,16). The first-order valence-corrected chi connectivity index (χ1v) is 6.56. The van der Waals surface area contributed by atoms with Crippen LogP contribution in [-0.4, -0.2) is 35.1 Å². The molecule has 1 aromatic rings. The number of thiophene rings is 1. The molecule has 2 amide bonds. The Kier molecular flexibility index (Phi) is 5.15. The molecule has 0 aliphatic carbocycles. The largest absolute Gasteiger partial charge is 0.481 e. The molecule has 0 fully saturated rings. The maximum Gasteiger partial charge on any atom is 0.317 e. The van der Waals surface area contributed by atoms with Gasteiger partial charge in [0, 0.05) is 18.0 Å². The van der Waals surface area contributed by atoms with Crippen molar-refractivity contribution in [1.82, 2.24) is 10.2 Å². The van der Waals surface area contributed by atoms with E-state index in [2.05, 4.69) is 5.32 Å². The number of hydrogen-bond donors (Lipinski definition) is 2. The van der Waals surface area contributed by atoms with Gasteiger partial charge < -0.3 is 15.3 Å². The van der Waals surface area contributed by atoms with Crippen molar-refractivity contribution in [3.8, 4) is 0 Å². The van der Waals surface area contributed by atoms with Crippen LogP contribution in [0, 0.1) is 5.92 Å². The van der Waals surface area contributed by atoms with E-state index >= 15 is 0 Å². The van der Waals surface area contributed by atoms with Crippen LogP contribution in [0.15, 0.2) is 17.5 Å². The van der Waals surface area contributed by atoms with Crippen LogP contribution in [-0.2, 0) is 11.3 Å². The number of carbonyl (C=O) groups excluding carboxylic acids is 1. The summed E-state index contributed by atoms with van der Waals surface area (Å²) in [6, 6.07) is 3.23. The van der Waals surface area contributed by atoms with E-state index in [4.69, 9.17) is 5.11 Å². The molecular weight excluding hydrogens is 252 g/mol. The summed E-state index contributed by atoms with van der Waals surface area (Å²) in [7, 11) is 1.69. The molecule has 5 nitrogen and oxygen atoms in total. The van der Waals surface area contributed by atoms with Gasteiger partial charge in [-0.25, -0.2) is 4.79 Å². The third kappa shape index (κ3) is 4.03. The highest BCUT2D eigenvalue weighted by Crippen LogP contribution is 2.11. The Hall–Kier alpha value is -1.56. The molecule has 0 aromatic carbocycles. The summed E-state index contributed by atoms with van der Waals surface area (Å²) in [6.45, 7) is 3.79. The molecular formula is C12H18N2O3S. The Morgan fingerprint density at radius 2 is 2.17 bits per heavy atom. The minimum absolute atomic E-state index is 0.260. The van der Waals surface area contributed by atoms with Crippen molar-refractivity contribution in [1.29, 1.82) is 0 Å². The van der Waals surface area contributed by atoms with E-state index in [0.29, 0.717) is 6.54 Å². The van der Waals surface area contributed by atoms with Gasteiger partial charge in [0.05, 0.1) is 12.5 Å². The predicted octanol–water partition coefficient (Wildman–Crippen LogP) is 2.00. The van der Waals surface area contributed by atoms with Crippen molar-refractivity contribution in [2.75, 3.05) is 7.05 Å². The predicted molar refractivity (Wildman–Crippen MR) is 70.6 cm³/mol. The fourth-order valence-corrected chi connectivity index (χ4v) is 2.11. The minimum atomic E-state index is -0.913. The van der Waals surface area contributed by atoms with E-state index in [0.717, 1.165) is 4.88 Å². The molecule has 1 aromatic heterocycles. The number of nitrogens with zero attached hydrogens (tertiary/aromatic N) is 1. The van der Waals surface area contributed by atoms with E-state index in [9.17, 15) is 9.59 Å². The van der Waals surface area contributed by atoms with Gasteiger partial charge in [0.1, 0.15) is 0 Å². The van der Waals surface area contributed by atoms with Gasteiger partial charge >= 0.3 is 12.0 Å². The molecule has 2 atom stereocenters. The summed E-state index contributed by atoms with van der Waals surface area (Å²) < 4.78 is 0.